The van der Waals surface area contributed by atoms with Crippen molar-refractivity contribution in [3.05, 3.63) is 41.5 Å². The van der Waals surface area contributed by atoms with Gasteiger partial charge in [0.05, 0.1) is 6.54 Å². The van der Waals surface area contributed by atoms with E-state index >= 15 is 0 Å². The van der Waals surface area contributed by atoms with Crippen LogP contribution in [0.5, 0.6) is 0 Å². The van der Waals surface area contributed by atoms with Gasteiger partial charge < -0.3 is 0 Å². The van der Waals surface area contributed by atoms with E-state index in [0.29, 0.717) is 5.41 Å². The molecule has 1 aromatic rings. The average Bonchev–Trinajstić information content (AvgIpc) is 3.18. The smallest absolute Gasteiger partial charge is 0.0639 e. The molecule has 0 amide bonds. The minimum absolute atomic E-state index is 0.604. The van der Waals surface area contributed by atoms with Crippen molar-refractivity contribution in [3.8, 4) is 0 Å². The Bertz CT molecular complexity index is 492. The summed E-state index contributed by atoms with van der Waals surface area (Å²) >= 11 is 0. The van der Waals surface area contributed by atoms with Gasteiger partial charge in [-0.1, -0.05) is 38.1 Å². The number of nitrogens with zero attached hydrogens (tertiary/aromatic N) is 1. The van der Waals surface area contributed by atoms with Gasteiger partial charge in [0.25, 0.3) is 0 Å². The molecule has 1 fully saturated rings. The number of hydrogen-bond donors (Lipinski definition) is 0. The topological polar surface area (TPSA) is 12.4 Å². The maximum absolute atomic E-state index is 4.75. The Balaban J connectivity index is 1.99. The summed E-state index contributed by atoms with van der Waals surface area (Å²) in [4.78, 5) is 4.75. The molecule has 0 heterocycles. The summed E-state index contributed by atoms with van der Waals surface area (Å²) in [5, 5.41) is 0. The van der Waals surface area contributed by atoms with Crippen molar-refractivity contribution in [3.63, 3.8) is 0 Å². The van der Waals surface area contributed by atoms with Crippen molar-refractivity contribution >= 4 is 11.8 Å². The van der Waals surface area contributed by atoms with Gasteiger partial charge in [0, 0.05) is 5.71 Å². The Labute approximate surface area is 117 Å². The molecule has 102 valence electrons. The van der Waals surface area contributed by atoms with E-state index in [1.54, 1.807) is 0 Å². The minimum atomic E-state index is 0.604. The molecule has 19 heavy (non-hydrogen) atoms. The monoisotopic (exact) mass is 255 g/mol. The van der Waals surface area contributed by atoms with E-state index in [1.807, 2.05) is 6.08 Å². The summed E-state index contributed by atoms with van der Waals surface area (Å²) in [6, 6.07) is 6.53. The molecule has 0 unspecified atom stereocenters. The molecule has 1 nitrogen and oxygen atoms in total. The Morgan fingerprint density at radius 3 is 2.74 bits per heavy atom. The summed E-state index contributed by atoms with van der Waals surface area (Å²) in [5.74, 6) is 0. The van der Waals surface area contributed by atoms with Crippen LogP contribution in [0.25, 0.3) is 6.08 Å². The molecule has 0 bridgehead atoms. The zero-order valence-corrected chi connectivity index (χ0v) is 12.5. The Morgan fingerprint density at radius 2 is 2.16 bits per heavy atom. The van der Waals surface area contributed by atoms with Crippen LogP contribution in [-0.2, 0) is 6.54 Å². The predicted octanol–water partition coefficient (Wildman–Crippen LogP) is 5.18. The zero-order valence-electron chi connectivity index (χ0n) is 12.5. The SMILES string of the molecule is C=Cc1cc(CN=C(C)CC2(CC)CC2)ccc1C. The van der Waals surface area contributed by atoms with Gasteiger partial charge in [-0.15, -0.1) is 0 Å². The first-order valence-corrected chi connectivity index (χ1v) is 7.30. The lowest BCUT2D eigenvalue weighted by molar-refractivity contribution is 0.512. The third-order valence-corrected chi connectivity index (χ3v) is 4.43. The van der Waals surface area contributed by atoms with Gasteiger partial charge in [-0.05, 0) is 61.3 Å². The van der Waals surface area contributed by atoms with Crippen LogP contribution in [0.4, 0.5) is 0 Å². The maximum atomic E-state index is 4.75. The van der Waals surface area contributed by atoms with Crippen LogP contribution in [0.15, 0.2) is 29.8 Å². The standard InChI is InChI=1S/C18H25N/c1-5-17-11-16(8-7-14(17)3)13-19-15(4)12-18(6-2)9-10-18/h5,7-8,11H,1,6,9-10,12-13H2,2-4H3. The van der Waals surface area contributed by atoms with Gasteiger partial charge in [-0.3, -0.25) is 4.99 Å². The Kier molecular flexibility index (Phi) is 4.24. The average molecular weight is 255 g/mol. The van der Waals surface area contributed by atoms with Gasteiger partial charge in [0.1, 0.15) is 0 Å². The number of benzene rings is 1. The Morgan fingerprint density at radius 1 is 1.42 bits per heavy atom. The van der Waals surface area contributed by atoms with Crippen LogP contribution in [0.2, 0.25) is 0 Å². The lowest BCUT2D eigenvalue weighted by atomic mass is 9.96. The normalized spacial score (nSPS) is 17.3. The second kappa shape index (κ2) is 5.73. The van der Waals surface area contributed by atoms with E-state index in [0.717, 1.165) is 6.54 Å². The second-order valence-electron chi connectivity index (χ2n) is 5.98. The van der Waals surface area contributed by atoms with Crippen LogP contribution in [0, 0.1) is 12.3 Å². The van der Waals surface area contributed by atoms with Gasteiger partial charge in [-0.25, -0.2) is 0 Å². The fourth-order valence-electron chi connectivity index (χ4n) is 2.67. The van der Waals surface area contributed by atoms with Gasteiger partial charge in [0.15, 0.2) is 0 Å². The van der Waals surface area contributed by atoms with Gasteiger partial charge in [-0.2, -0.15) is 0 Å². The molecule has 1 aliphatic rings. The number of aryl methyl sites for hydroxylation is 1. The molecule has 0 aliphatic heterocycles. The molecule has 1 aliphatic carbocycles. The van der Waals surface area contributed by atoms with Gasteiger partial charge in [0.2, 0.25) is 0 Å². The molecule has 0 atom stereocenters. The van der Waals surface area contributed by atoms with Crippen LogP contribution >= 0.6 is 0 Å². The van der Waals surface area contributed by atoms with E-state index in [-0.39, 0.29) is 0 Å². The van der Waals surface area contributed by atoms with Crippen LogP contribution in [-0.4, -0.2) is 5.71 Å². The number of aliphatic imine (C=N–C) groups is 1. The number of hydrogen-bond acceptors (Lipinski definition) is 1. The molecular weight excluding hydrogens is 230 g/mol. The molecule has 0 saturated heterocycles. The van der Waals surface area contributed by atoms with Crippen molar-refractivity contribution in [1.82, 2.24) is 0 Å². The third-order valence-electron chi connectivity index (χ3n) is 4.43. The second-order valence-corrected chi connectivity index (χ2v) is 5.98. The summed E-state index contributed by atoms with van der Waals surface area (Å²) in [5.41, 5.74) is 5.69. The lowest BCUT2D eigenvalue weighted by Crippen LogP contribution is -2.05. The first-order valence-electron chi connectivity index (χ1n) is 7.30. The highest BCUT2D eigenvalue weighted by Crippen LogP contribution is 2.51. The minimum Gasteiger partial charge on any atom is -0.290 e. The fourth-order valence-corrected chi connectivity index (χ4v) is 2.67. The molecule has 1 saturated carbocycles. The Hall–Kier alpha value is -1.37. The largest absolute Gasteiger partial charge is 0.290 e. The molecule has 2 rings (SSSR count). The molecule has 0 spiro atoms. The van der Waals surface area contributed by atoms with Crippen LogP contribution in [0.1, 0.15) is 56.2 Å². The highest BCUT2D eigenvalue weighted by molar-refractivity contribution is 5.82. The fraction of sp³-hybridized carbons (Fsp3) is 0.500. The van der Waals surface area contributed by atoms with Gasteiger partial charge >= 0.3 is 0 Å². The first kappa shape index (κ1) is 14.0. The molecule has 1 heteroatoms. The highest BCUT2D eigenvalue weighted by atomic mass is 14.7. The van der Waals surface area contributed by atoms with Crippen LogP contribution < -0.4 is 0 Å². The predicted molar refractivity (Wildman–Crippen MR) is 84.7 cm³/mol. The van der Waals surface area contributed by atoms with Crippen molar-refractivity contribution in [2.24, 2.45) is 10.4 Å². The maximum Gasteiger partial charge on any atom is 0.0639 e. The van der Waals surface area contributed by atoms with Crippen molar-refractivity contribution in [2.45, 2.75) is 53.0 Å². The molecule has 1 aromatic carbocycles. The molecular formula is C18H25N. The zero-order chi connectivity index (χ0) is 13.9. The highest BCUT2D eigenvalue weighted by Gasteiger charge is 2.40. The summed E-state index contributed by atoms with van der Waals surface area (Å²) in [6.45, 7) is 11.3. The van der Waals surface area contributed by atoms with Crippen molar-refractivity contribution in [1.29, 1.82) is 0 Å². The van der Waals surface area contributed by atoms with Crippen molar-refractivity contribution in [2.75, 3.05) is 0 Å². The van der Waals surface area contributed by atoms with Crippen molar-refractivity contribution < 1.29 is 0 Å². The first-order chi connectivity index (χ1) is 9.08. The summed E-state index contributed by atoms with van der Waals surface area (Å²) in [7, 11) is 0. The quantitative estimate of drug-likeness (QED) is 0.621. The van der Waals surface area contributed by atoms with E-state index in [4.69, 9.17) is 4.99 Å². The van der Waals surface area contributed by atoms with E-state index in [9.17, 15) is 0 Å². The molecule has 0 radical (unpaired) electrons. The van der Waals surface area contributed by atoms with Crippen LogP contribution in [0.3, 0.4) is 0 Å². The summed E-state index contributed by atoms with van der Waals surface area (Å²) < 4.78 is 0. The van der Waals surface area contributed by atoms with E-state index < -0.39 is 0 Å². The third kappa shape index (κ3) is 3.56. The lowest BCUT2D eigenvalue weighted by Gasteiger charge is -2.11. The molecule has 0 N–H and O–H groups in total. The molecule has 0 aromatic heterocycles. The van der Waals surface area contributed by atoms with E-state index in [1.165, 1.54) is 48.1 Å². The number of rotatable bonds is 6. The summed E-state index contributed by atoms with van der Waals surface area (Å²) in [6.07, 6.45) is 7.18. The van der Waals surface area contributed by atoms with E-state index in [2.05, 4.69) is 45.5 Å².